The minimum atomic E-state index is -4.90. The quantitative estimate of drug-likeness (QED) is 0.103. The van der Waals surface area contributed by atoms with Gasteiger partial charge in [0.2, 0.25) is 11.8 Å². The van der Waals surface area contributed by atoms with Crippen LogP contribution in [0.3, 0.4) is 0 Å². The molecular weight excluding hydrogens is 498 g/mol. The molecule has 0 aliphatic rings. The van der Waals surface area contributed by atoms with Crippen molar-refractivity contribution in [2.45, 2.75) is 12.7 Å². The number of hydrogen-bond acceptors (Lipinski definition) is 7. The molecular formula is C22H19F4N9O2. The largest absolute Gasteiger partial charge is 0.439 e. The van der Waals surface area contributed by atoms with E-state index in [4.69, 9.17) is 22.2 Å². The van der Waals surface area contributed by atoms with Crippen molar-refractivity contribution < 1.29 is 27.1 Å². The van der Waals surface area contributed by atoms with Crippen molar-refractivity contribution in [2.24, 2.45) is 22.5 Å². The Balaban J connectivity index is 1.50. The Morgan fingerprint density at radius 2 is 1.92 bits per heavy atom. The van der Waals surface area contributed by atoms with E-state index in [2.05, 4.69) is 20.4 Å². The molecule has 2 aromatic carbocycles. The molecule has 0 fully saturated rings. The monoisotopic (exact) mass is 517 g/mol. The van der Waals surface area contributed by atoms with Crippen LogP contribution in [0.25, 0.3) is 10.9 Å². The highest BCUT2D eigenvalue weighted by Crippen LogP contribution is 2.33. The van der Waals surface area contributed by atoms with Gasteiger partial charge in [-0.25, -0.2) is 25.0 Å². The van der Waals surface area contributed by atoms with E-state index in [1.54, 1.807) is 24.3 Å². The van der Waals surface area contributed by atoms with Gasteiger partial charge in [0.15, 0.2) is 0 Å². The van der Waals surface area contributed by atoms with E-state index in [1.807, 2.05) is 0 Å². The summed E-state index contributed by atoms with van der Waals surface area (Å²) in [6.45, 7) is 0.0843. The SMILES string of the molecule is N/N=C(/N)N(N)Cc1cc(Oc2ccc3c(ccn3C(=O)Nc3ccc(F)c(C(F)(F)F)c3)c2)ncn1. The van der Waals surface area contributed by atoms with Crippen molar-refractivity contribution >= 4 is 28.6 Å². The van der Waals surface area contributed by atoms with Crippen LogP contribution in [-0.4, -0.2) is 31.5 Å². The average molecular weight is 517 g/mol. The first-order valence-corrected chi connectivity index (χ1v) is 10.4. The number of carbonyl (C=O) groups excluding carboxylic acids is 1. The molecule has 1 amide bonds. The van der Waals surface area contributed by atoms with E-state index in [0.29, 0.717) is 34.5 Å². The first-order chi connectivity index (χ1) is 17.5. The second-order valence-corrected chi connectivity index (χ2v) is 7.59. The predicted molar refractivity (Wildman–Crippen MR) is 125 cm³/mol. The van der Waals surface area contributed by atoms with Crippen LogP contribution >= 0.6 is 0 Å². The van der Waals surface area contributed by atoms with Crippen LogP contribution < -0.4 is 27.5 Å². The van der Waals surface area contributed by atoms with Crippen LogP contribution in [0.15, 0.2) is 66.2 Å². The lowest BCUT2D eigenvalue weighted by atomic mass is 10.2. The Bertz CT molecular complexity index is 1490. The van der Waals surface area contributed by atoms with Gasteiger partial charge in [0, 0.05) is 23.3 Å². The molecule has 0 saturated carbocycles. The molecule has 0 atom stereocenters. The van der Waals surface area contributed by atoms with Gasteiger partial charge >= 0.3 is 12.2 Å². The number of aromatic nitrogens is 3. The molecule has 0 bridgehead atoms. The zero-order valence-electron chi connectivity index (χ0n) is 18.8. The number of ether oxygens (including phenoxy) is 1. The third-order valence-electron chi connectivity index (χ3n) is 5.08. The van der Waals surface area contributed by atoms with E-state index in [0.717, 1.165) is 11.1 Å². The maximum atomic E-state index is 13.5. The summed E-state index contributed by atoms with van der Waals surface area (Å²) >= 11 is 0. The van der Waals surface area contributed by atoms with Gasteiger partial charge in [-0.1, -0.05) is 0 Å². The normalized spacial score (nSPS) is 12.0. The van der Waals surface area contributed by atoms with Crippen LogP contribution in [0.2, 0.25) is 0 Å². The summed E-state index contributed by atoms with van der Waals surface area (Å²) in [6.07, 6.45) is -2.20. The number of amides is 1. The number of hydrazine groups is 1. The fourth-order valence-electron chi connectivity index (χ4n) is 3.33. The van der Waals surface area contributed by atoms with Crippen LogP contribution in [0, 0.1) is 5.82 Å². The van der Waals surface area contributed by atoms with Gasteiger partial charge in [0.1, 0.15) is 17.9 Å². The summed E-state index contributed by atoms with van der Waals surface area (Å²) in [7, 11) is 0. The second kappa shape index (κ2) is 9.98. The number of guanidine groups is 1. The number of nitrogens with one attached hydrogen (secondary N) is 1. The van der Waals surface area contributed by atoms with Gasteiger partial charge in [-0.05, 0) is 42.5 Å². The minimum absolute atomic E-state index is 0.0843. The maximum Gasteiger partial charge on any atom is 0.419 e. The zero-order valence-corrected chi connectivity index (χ0v) is 18.8. The maximum absolute atomic E-state index is 13.5. The van der Waals surface area contributed by atoms with E-state index in [-0.39, 0.29) is 24.1 Å². The van der Waals surface area contributed by atoms with Crippen LogP contribution in [0.1, 0.15) is 11.3 Å². The van der Waals surface area contributed by atoms with Crippen LogP contribution in [0.4, 0.5) is 28.0 Å². The molecule has 4 rings (SSSR count). The molecule has 15 heteroatoms. The fourth-order valence-corrected chi connectivity index (χ4v) is 3.33. The smallest absolute Gasteiger partial charge is 0.419 e. The number of alkyl halides is 3. The number of carbonyl (C=O) groups is 1. The first kappa shape index (κ1) is 25.2. The third-order valence-corrected chi connectivity index (χ3v) is 5.08. The zero-order chi connectivity index (χ0) is 26.7. The van der Waals surface area contributed by atoms with Crippen molar-refractivity contribution in [3.8, 4) is 11.6 Å². The third kappa shape index (κ3) is 5.67. The molecule has 2 aromatic heterocycles. The summed E-state index contributed by atoms with van der Waals surface area (Å²) in [5, 5.41) is 7.30. The van der Waals surface area contributed by atoms with Gasteiger partial charge in [0.05, 0.1) is 23.3 Å². The number of halogens is 4. The van der Waals surface area contributed by atoms with Crippen molar-refractivity contribution in [1.29, 1.82) is 0 Å². The molecule has 0 aliphatic carbocycles. The summed E-state index contributed by atoms with van der Waals surface area (Å²) in [6, 6.07) is 9.40. The van der Waals surface area contributed by atoms with Crippen molar-refractivity contribution in [1.82, 2.24) is 19.5 Å². The van der Waals surface area contributed by atoms with Crippen molar-refractivity contribution in [3.05, 3.63) is 78.1 Å². The number of fused-ring (bicyclic) bond motifs is 1. The number of nitrogens with zero attached hydrogens (tertiary/aromatic N) is 5. The molecule has 7 N–H and O–H groups in total. The number of hydrogen-bond donors (Lipinski definition) is 4. The Morgan fingerprint density at radius 1 is 1.14 bits per heavy atom. The van der Waals surface area contributed by atoms with E-state index in [1.165, 1.54) is 23.2 Å². The number of anilines is 1. The fraction of sp³-hybridized carbons (Fsp3) is 0.0909. The molecule has 192 valence electrons. The van der Waals surface area contributed by atoms with E-state index in [9.17, 15) is 22.4 Å². The molecule has 4 aromatic rings. The second-order valence-electron chi connectivity index (χ2n) is 7.59. The topological polar surface area (TPSA) is 163 Å². The van der Waals surface area contributed by atoms with Gasteiger partial charge in [-0.2, -0.15) is 13.2 Å². The average Bonchev–Trinajstić information content (AvgIpc) is 3.27. The predicted octanol–water partition coefficient (Wildman–Crippen LogP) is 3.33. The highest BCUT2D eigenvalue weighted by molar-refractivity contribution is 5.98. The molecule has 2 heterocycles. The Labute approximate surface area is 206 Å². The number of hydrazone groups is 1. The number of benzene rings is 2. The van der Waals surface area contributed by atoms with E-state index >= 15 is 0 Å². The molecule has 0 saturated heterocycles. The highest BCUT2D eigenvalue weighted by atomic mass is 19.4. The van der Waals surface area contributed by atoms with Crippen LogP contribution in [0.5, 0.6) is 11.6 Å². The Hall–Kier alpha value is -4.92. The Kier molecular flexibility index (Phi) is 6.79. The van der Waals surface area contributed by atoms with E-state index < -0.39 is 23.6 Å². The highest BCUT2D eigenvalue weighted by Gasteiger charge is 2.34. The molecule has 0 radical (unpaired) electrons. The lowest BCUT2D eigenvalue weighted by Gasteiger charge is -2.16. The summed E-state index contributed by atoms with van der Waals surface area (Å²) in [4.78, 5) is 20.8. The molecule has 11 nitrogen and oxygen atoms in total. The lowest BCUT2D eigenvalue weighted by molar-refractivity contribution is -0.139. The molecule has 0 aliphatic heterocycles. The summed E-state index contributed by atoms with van der Waals surface area (Å²) < 4.78 is 59.4. The molecule has 0 spiro atoms. The van der Waals surface area contributed by atoms with Crippen LogP contribution in [-0.2, 0) is 12.7 Å². The minimum Gasteiger partial charge on any atom is -0.439 e. The summed E-state index contributed by atoms with van der Waals surface area (Å²) in [5.41, 5.74) is 4.76. The number of nitrogens with two attached hydrogens (primary N) is 3. The standard InChI is InChI=1S/C22H19F4N9O2/c23-17-3-1-13(8-16(17)22(24,25)26)32-21(36)34-6-5-12-7-15(2-4-18(12)34)37-19-9-14(30-11-31-19)10-35(29)20(27)33-28/h1-9,11H,10,28-29H2,(H2,27,33)(H,32,36). The first-order valence-electron chi connectivity index (χ1n) is 10.4. The van der Waals surface area contributed by atoms with Crippen molar-refractivity contribution in [2.75, 3.05) is 5.32 Å². The Morgan fingerprint density at radius 3 is 2.65 bits per heavy atom. The molecule has 37 heavy (non-hydrogen) atoms. The van der Waals surface area contributed by atoms with Gasteiger partial charge < -0.3 is 21.6 Å². The van der Waals surface area contributed by atoms with Gasteiger partial charge in [-0.3, -0.25) is 9.58 Å². The van der Waals surface area contributed by atoms with Gasteiger partial charge in [-0.15, -0.1) is 5.10 Å². The van der Waals surface area contributed by atoms with Crippen molar-refractivity contribution in [3.63, 3.8) is 0 Å². The summed E-state index contributed by atoms with van der Waals surface area (Å²) in [5.74, 6) is 9.88. The lowest BCUT2D eigenvalue weighted by Crippen LogP contribution is -2.42. The molecule has 0 unspecified atom stereocenters. The number of rotatable bonds is 5. The van der Waals surface area contributed by atoms with Gasteiger partial charge in [0.25, 0.3) is 0 Å².